The fourth-order valence-electron chi connectivity index (χ4n) is 2.46. The summed E-state index contributed by atoms with van der Waals surface area (Å²) in [6.45, 7) is 1.98. The topological polar surface area (TPSA) is 60.9 Å². The SMILES string of the molecule is CC[C@H](N)c1nc2cccc(Br)c2c(=O)n1-c1ccccc1. The smallest absolute Gasteiger partial charge is 0.267 e. The van der Waals surface area contributed by atoms with Crippen LogP contribution < -0.4 is 11.3 Å². The number of nitrogens with zero attached hydrogens (tertiary/aromatic N) is 2. The van der Waals surface area contributed by atoms with Crippen LogP contribution in [0.15, 0.2) is 57.8 Å². The number of para-hydroxylation sites is 1. The molecule has 0 aliphatic carbocycles. The Morgan fingerprint density at radius 2 is 1.91 bits per heavy atom. The molecule has 0 unspecified atom stereocenters. The second-order valence-electron chi connectivity index (χ2n) is 5.09. The third kappa shape index (κ3) is 2.46. The van der Waals surface area contributed by atoms with Crippen LogP contribution in [-0.2, 0) is 0 Å². The Labute approximate surface area is 136 Å². The van der Waals surface area contributed by atoms with Crippen LogP contribution in [0.2, 0.25) is 0 Å². The highest BCUT2D eigenvalue weighted by molar-refractivity contribution is 9.10. The van der Waals surface area contributed by atoms with E-state index in [0.717, 1.165) is 10.2 Å². The first kappa shape index (κ1) is 14.9. The number of hydrogen-bond donors (Lipinski definition) is 1. The molecule has 0 spiro atoms. The Bertz CT molecular complexity index is 874. The summed E-state index contributed by atoms with van der Waals surface area (Å²) < 4.78 is 2.35. The van der Waals surface area contributed by atoms with E-state index in [1.54, 1.807) is 4.57 Å². The van der Waals surface area contributed by atoms with E-state index in [0.29, 0.717) is 23.1 Å². The number of halogens is 1. The van der Waals surface area contributed by atoms with E-state index >= 15 is 0 Å². The predicted molar refractivity (Wildman–Crippen MR) is 92.3 cm³/mol. The lowest BCUT2D eigenvalue weighted by molar-refractivity contribution is 0.623. The van der Waals surface area contributed by atoms with Crippen molar-refractivity contribution in [2.75, 3.05) is 0 Å². The highest BCUT2D eigenvalue weighted by atomic mass is 79.9. The molecule has 1 aromatic heterocycles. The number of fused-ring (bicyclic) bond motifs is 1. The van der Waals surface area contributed by atoms with E-state index in [1.807, 2.05) is 55.5 Å². The third-order valence-corrected chi connectivity index (χ3v) is 4.32. The minimum Gasteiger partial charge on any atom is -0.321 e. The summed E-state index contributed by atoms with van der Waals surface area (Å²) >= 11 is 3.45. The van der Waals surface area contributed by atoms with Crippen molar-refractivity contribution in [3.8, 4) is 5.69 Å². The van der Waals surface area contributed by atoms with E-state index in [-0.39, 0.29) is 11.6 Å². The molecule has 2 N–H and O–H groups in total. The van der Waals surface area contributed by atoms with E-state index in [1.165, 1.54) is 0 Å². The third-order valence-electron chi connectivity index (χ3n) is 3.66. The second kappa shape index (κ2) is 6.02. The molecule has 0 radical (unpaired) electrons. The summed E-state index contributed by atoms with van der Waals surface area (Å²) in [5, 5.41) is 0.568. The molecule has 3 rings (SSSR count). The van der Waals surface area contributed by atoms with E-state index < -0.39 is 0 Å². The van der Waals surface area contributed by atoms with E-state index in [9.17, 15) is 4.79 Å². The lowest BCUT2D eigenvalue weighted by Crippen LogP contribution is -2.28. The van der Waals surface area contributed by atoms with Gasteiger partial charge in [0.05, 0.1) is 22.6 Å². The van der Waals surface area contributed by atoms with Gasteiger partial charge in [-0.2, -0.15) is 0 Å². The summed E-state index contributed by atoms with van der Waals surface area (Å²) in [4.78, 5) is 17.7. The monoisotopic (exact) mass is 357 g/mol. The van der Waals surface area contributed by atoms with Gasteiger partial charge in [0.25, 0.3) is 5.56 Å². The van der Waals surface area contributed by atoms with Crippen LogP contribution in [0.3, 0.4) is 0 Å². The van der Waals surface area contributed by atoms with Crippen molar-refractivity contribution >= 4 is 26.8 Å². The van der Waals surface area contributed by atoms with Crippen LogP contribution >= 0.6 is 15.9 Å². The molecule has 4 nitrogen and oxygen atoms in total. The quantitative estimate of drug-likeness (QED) is 0.779. The Balaban J connectivity index is 2.44. The molecule has 22 heavy (non-hydrogen) atoms. The Morgan fingerprint density at radius 3 is 2.59 bits per heavy atom. The molecule has 1 atom stereocenters. The van der Waals surface area contributed by atoms with Crippen LogP contribution in [-0.4, -0.2) is 9.55 Å². The van der Waals surface area contributed by atoms with Gasteiger partial charge in [-0.15, -0.1) is 0 Å². The van der Waals surface area contributed by atoms with Gasteiger partial charge in [0.15, 0.2) is 0 Å². The minimum absolute atomic E-state index is 0.109. The molecule has 112 valence electrons. The summed E-state index contributed by atoms with van der Waals surface area (Å²) in [5.41, 5.74) is 7.52. The van der Waals surface area contributed by atoms with Crippen molar-refractivity contribution < 1.29 is 0 Å². The number of nitrogens with two attached hydrogens (primary N) is 1. The van der Waals surface area contributed by atoms with Crippen molar-refractivity contribution in [2.45, 2.75) is 19.4 Å². The maximum Gasteiger partial charge on any atom is 0.267 e. The zero-order valence-corrected chi connectivity index (χ0v) is 13.7. The van der Waals surface area contributed by atoms with E-state index in [4.69, 9.17) is 5.73 Å². The number of aromatic nitrogens is 2. The average Bonchev–Trinajstić information content (AvgIpc) is 2.54. The number of rotatable bonds is 3. The second-order valence-corrected chi connectivity index (χ2v) is 5.95. The van der Waals surface area contributed by atoms with Crippen molar-refractivity contribution in [3.05, 3.63) is 69.2 Å². The Hall–Kier alpha value is -1.98. The predicted octanol–water partition coefficient (Wildman–Crippen LogP) is 3.56. The van der Waals surface area contributed by atoms with Crippen molar-refractivity contribution in [2.24, 2.45) is 5.73 Å². The van der Waals surface area contributed by atoms with Gasteiger partial charge < -0.3 is 5.73 Å². The largest absolute Gasteiger partial charge is 0.321 e. The fourth-order valence-corrected chi connectivity index (χ4v) is 2.99. The molecule has 0 aliphatic heterocycles. The van der Waals surface area contributed by atoms with Crippen molar-refractivity contribution in [1.29, 1.82) is 0 Å². The maximum atomic E-state index is 13.0. The summed E-state index contributed by atoms with van der Waals surface area (Å²) in [7, 11) is 0. The molecule has 0 bridgehead atoms. The van der Waals surface area contributed by atoms with Gasteiger partial charge >= 0.3 is 0 Å². The van der Waals surface area contributed by atoms with Gasteiger partial charge in [0, 0.05) is 4.47 Å². The first-order valence-corrected chi connectivity index (χ1v) is 7.95. The molecule has 3 aromatic rings. The van der Waals surface area contributed by atoms with Crippen LogP contribution in [0.5, 0.6) is 0 Å². The molecule has 1 heterocycles. The molecule has 0 amide bonds. The van der Waals surface area contributed by atoms with Crippen LogP contribution in [0.25, 0.3) is 16.6 Å². The highest BCUT2D eigenvalue weighted by Gasteiger charge is 2.18. The minimum atomic E-state index is -0.295. The van der Waals surface area contributed by atoms with Gasteiger partial charge in [-0.3, -0.25) is 9.36 Å². The summed E-state index contributed by atoms with van der Waals surface area (Å²) in [6, 6.07) is 14.7. The Morgan fingerprint density at radius 1 is 1.18 bits per heavy atom. The zero-order valence-electron chi connectivity index (χ0n) is 12.2. The zero-order chi connectivity index (χ0) is 15.7. The number of benzene rings is 2. The maximum absolute atomic E-state index is 13.0. The standard InChI is InChI=1S/C17H16BrN3O/c1-2-13(19)16-20-14-10-6-9-12(18)15(14)17(22)21(16)11-7-4-3-5-8-11/h3-10,13H,2,19H2,1H3/t13-/m0/s1. The van der Waals surface area contributed by atoms with Crippen LogP contribution in [0.4, 0.5) is 0 Å². The Kier molecular flexibility index (Phi) is 4.09. The molecular weight excluding hydrogens is 342 g/mol. The van der Waals surface area contributed by atoms with Crippen LogP contribution in [0, 0.1) is 0 Å². The normalized spacial score (nSPS) is 12.5. The molecule has 0 fully saturated rings. The van der Waals surface area contributed by atoms with Crippen molar-refractivity contribution in [3.63, 3.8) is 0 Å². The average molecular weight is 358 g/mol. The van der Waals surface area contributed by atoms with Gasteiger partial charge in [-0.25, -0.2) is 4.98 Å². The van der Waals surface area contributed by atoms with Crippen LogP contribution in [0.1, 0.15) is 25.2 Å². The van der Waals surface area contributed by atoms with Gasteiger partial charge in [-0.1, -0.05) is 31.2 Å². The van der Waals surface area contributed by atoms with E-state index in [2.05, 4.69) is 20.9 Å². The molecule has 2 aromatic carbocycles. The number of hydrogen-bond acceptors (Lipinski definition) is 3. The molecular formula is C17H16BrN3O. The van der Waals surface area contributed by atoms with Gasteiger partial charge in [0.1, 0.15) is 5.82 Å². The molecule has 5 heteroatoms. The lowest BCUT2D eigenvalue weighted by atomic mass is 10.1. The molecule has 0 saturated carbocycles. The van der Waals surface area contributed by atoms with Crippen molar-refractivity contribution in [1.82, 2.24) is 9.55 Å². The summed E-state index contributed by atoms with van der Waals surface area (Å²) in [6.07, 6.45) is 0.707. The first-order chi connectivity index (χ1) is 10.6. The summed E-state index contributed by atoms with van der Waals surface area (Å²) in [5.74, 6) is 0.587. The highest BCUT2D eigenvalue weighted by Crippen LogP contribution is 2.23. The van der Waals surface area contributed by atoms with Gasteiger partial charge in [0.2, 0.25) is 0 Å². The lowest BCUT2D eigenvalue weighted by Gasteiger charge is -2.17. The fraction of sp³-hybridized carbons (Fsp3) is 0.176. The molecule has 0 aliphatic rings. The van der Waals surface area contributed by atoms with Gasteiger partial charge in [-0.05, 0) is 46.6 Å². The molecule has 0 saturated heterocycles. The first-order valence-electron chi connectivity index (χ1n) is 7.15.